The highest BCUT2D eigenvalue weighted by Gasteiger charge is 2.17. The topological polar surface area (TPSA) is 97.0 Å². The minimum Gasteiger partial charge on any atom is -0.490 e. The third-order valence-electron chi connectivity index (χ3n) is 3.85. The van der Waals surface area contributed by atoms with Gasteiger partial charge in [-0.1, -0.05) is 15.9 Å². The molecule has 0 spiro atoms. The van der Waals surface area contributed by atoms with Crippen molar-refractivity contribution in [3.05, 3.63) is 52.5 Å². The summed E-state index contributed by atoms with van der Waals surface area (Å²) < 4.78 is 36.6. The molecule has 0 aliphatic heterocycles. The molecule has 0 aliphatic carbocycles. The van der Waals surface area contributed by atoms with Gasteiger partial charge in [-0.2, -0.15) is 0 Å². The Balaban J connectivity index is 2.06. The van der Waals surface area contributed by atoms with E-state index in [9.17, 15) is 13.2 Å². The maximum absolute atomic E-state index is 12.7. The third-order valence-corrected chi connectivity index (χ3v) is 6.38. The summed E-state index contributed by atoms with van der Waals surface area (Å²) in [5.41, 5.74) is 0.834. The van der Waals surface area contributed by atoms with Gasteiger partial charge in [0.1, 0.15) is 12.4 Å². The number of hydrogen-bond donors (Lipinski definition) is 2. The number of hydrogen-bond acceptors (Lipinski definition) is 6. The van der Waals surface area contributed by atoms with Gasteiger partial charge in [-0.05, 0) is 54.7 Å². The molecule has 1 amide bonds. The van der Waals surface area contributed by atoms with Gasteiger partial charge in [-0.15, -0.1) is 0 Å². The predicted octanol–water partition coefficient (Wildman–Crippen LogP) is 2.85. The van der Waals surface area contributed by atoms with Crippen LogP contribution in [-0.4, -0.2) is 58.2 Å². The number of nitrogens with one attached hydrogen (secondary N) is 2. The van der Waals surface area contributed by atoms with Gasteiger partial charge in [0.2, 0.25) is 10.0 Å². The summed E-state index contributed by atoms with van der Waals surface area (Å²) in [5, 5.41) is 5.51. The van der Waals surface area contributed by atoms with E-state index in [2.05, 4.69) is 26.6 Å². The summed E-state index contributed by atoms with van der Waals surface area (Å²) in [6, 6.07) is 11.1. The van der Waals surface area contributed by atoms with Crippen molar-refractivity contribution in [2.75, 3.05) is 39.7 Å². The zero-order valence-corrected chi connectivity index (χ0v) is 19.9. The SMILES string of the molecule is COCCOc1ccc(Br)cc1C(=O)NC(=S)Nc1ccc(S(=O)(=O)N(C)C)cc1. The maximum atomic E-state index is 12.7. The molecule has 0 heterocycles. The summed E-state index contributed by atoms with van der Waals surface area (Å²) in [6.45, 7) is 0.680. The van der Waals surface area contributed by atoms with Crippen LogP contribution in [0.15, 0.2) is 51.8 Å². The second-order valence-electron chi connectivity index (χ2n) is 6.20. The molecule has 0 saturated carbocycles. The number of amides is 1. The molecule has 2 rings (SSSR count). The molecule has 0 aromatic heterocycles. The summed E-state index contributed by atoms with van der Waals surface area (Å²) >= 11 is 8.54. The first-order valence-electron chi connectivity index (χ1n) is 8.71. The summed E-state index contributed by atoms with van der Waals surface area (Å²) in [5.74, 6) is -0.0539. The van der Waals surface area contributed by atoms with Crippen molar-refractivity contribution in [1.82, 2.24) is 9.62 Å². The van der Waals surface area contributed by atoms with Crippen LogP contribution in [0.4, 0.5) is 5.69 Å². The van der Waals surface area contributed by atoms with Crippen LogP contribution in [0.5, 0.6) is 5.75 Å². The number of halogens is 1. The number of carbonyl (C=O) groups excluding carboxylic acids is 1. The predicted molar refractivity (Wildman–Crippen MR) is 123 cm³/mol. The van der Waals surface area contributed by atoms with E-state index in [1.165, 1.54) is 26.2 Å². The van der Waals surface area contributed by atoms with Crippen molar-refractivity contribution in [3.8, 4) is 5.75 Å². The Hall–Kier alpha value is -2.05. The first-order valence-corrected chi connectivity index (χ1v) is 11.4. The molecule has 2 aromatic carbocycles. The van der Waals surface area contributed by atoms with Crippen molar-refractivity contribution < 1.29 is 22.7 Å². The van der Waals surface area contributed by atoms with Gasteiger partial charge in [0.05, 0.1) is 17.1 Å². The molecule has 8 nitrogen and oxygen atoms in total. The molecule has 0 atom stereocenters. The third kappa shape index (κ3) is 6.47. The first-order chi connectivity index (χ1) is 14.1. The van der Waals surface area contributed by atoms with Gasteiger partial charge in [0, 0.05) is 31.4 Å². The lowest BCUT2D eigenvalue weighted by Crippen LogP contribution is -2.34. The maximum Gasteiger partial charge on any atom is 0.261 e. The smallest absolute Gasteiger partial charge is 0.261 e. The Kier molecular flexibility index (Phi) is 8.74. The molecule has 0 aliphatic rings. The van der Waals surface area contributed by atoms with Crippen molar-refractivity contribution in [2.45, 2.75) is 4.90 Å². The Labute approximate surface area is 189 Å². The number of ether oxygens (including phenoxy) is 2. The lowest BCUT2D eigenvalue weighted by Gasteiger charge is -2.14. The van der Waals surface area contributed by atoms with Gasteiger partial charge in [-0.3, -0.25) is 10.1 Å². The molecule has 0 saturated heterocycles. The van der Waals surface area contributed by atoms with Crippen LogP contribution < -0.4 is 15.4 Å². The average Bonchev–Trinajstić information content (AvgIpc) is 2.69. The molecule has 2 aromatic rings. The highest BCUT2D eigenvalue weighted by atomic mass is 79.9. The van der Waals surface area contributed by atoms with Crippen molar-refractivity contribution in [3.63, 3.8) is 0 Å². The van der Waals surface area contributed by atoms with Crippen LogP contribution in [0.1, 0.15) is 10.4 Å². The number of sulfonamides is 1. The number of nitrogens with zero attached hydrogens (tertiary/aromatic N) is 1. The Morgan fingerprint density at radius 3 is 2.40 bits per heavy atom. The van der Waals surface area contributed by atoms with Gasteiger partial charge in [0.15, 0.2) is 5.11 Å². The van der Waals surface area contributed by atoms with Crippen LogP contribution >= 0.6 is 28.1 Å². The molecular weight excluding hydrogens is 494 g/mol. The Bertz CT molecular complexity index is 1010. The summed E-state index contributed by atoms with van der Waals surface area (Å²) in [6.07, 6.45) is 0. The highest BCUT2D eigenvalue weighted by Crippen LogP contribution is 2.23. The Morgan fingerprint density at radius 1 is 1.13 bits per heavy atom. The normalized spacial score (nSPS) is 11.2. The van der Waals surface area contributed by atoms with Crippen LogP contribution in [0.25, 0.3) is 0 Å². The minimum absolute atomic E-state index is 0.0611. The molecule has 11 heteroatoms. The van der Waals surface area contributed by atoms with Crippen LogP contribution in [0, 0.1) is 0 Å². The van der Waals surface area contributed by atoms with Crippen LogP contribution in [-0.2, 0) is 14.8 Å². The first kappa shape index (κ1) is 24.2. The minimum atomic E-state index is -3.52. The number of thiocarbonyl (C=S) groups is 1. The van der Waals surface area contributed by atoms with E-state index < -0.39 is 15.9 Å². The van der Waals surface area contributed by atoms with Gasteiger partial charge >= 0.3 is 0 Å². The van der Waals surface area contributed by atoms with Crippen molar-refractivity contribution in [2.24, 2.45) is 0 Å². The second-order valence-corrected chi connectivity index (χ2v) is 9.68. The van der Waals surface area contributed by atoms with E-state index >= 15 is 0 Å². The molecule has 0 bridgehead atoms. The zero-order valence-electron chi connectivity index (χ0n) is 16.6. The number of carbonyl (C=O) groups is 1. The van der Waals surface area contributed by atoms with Gasteiger partial charge in [0.25, 0.3) is 5.91 Å². The lowest BCUT2D eigenvalue weighted by atomic mass is 10.2. The van der Waals surface area contributed by atoms with Crippen LogP contribution in [0.2, 0.25) is 0 Å². The number of rotatable bonds is 8. The van der Waals surface area contributed by atoms with E-state index in [0.717, 1.165) is 4.31 Å². The zero-order chi connectivity index (χ0) is 22.3. The molecular formula is C19H22BrN3O5S2. The van der Waals surface area contributed by atoms with E-state index in [1.807, 2.05) is 0 Å². The molecule has 2 N–H and O–H groups in total. The molecule has 162 valence electrons. The lowest BCUT2D eigenvalue weighted by molar-refractivity contribution is 0.0969. The van der Waals surface area contributed by atoms with E-state index in [4.69, 9.17) is 21.7 Å². The fourth-order valence-corrected chi connectivity index (χ4v) is 3.77. The summed E-state index contributed by atoms with van der Waals surface area (Å²) in [4.78, 5) is 12.8. The van der Waals surface area contributed by atoms with E-state index in [0.29, 0.717) is 34.7 Å². The molecule has 0 radical (unpaired) electrons. The number of methoxy groups -OCH3 is 1. The highest BCUT2D eigenvalue weighted by molar-refractivity contribution is 9.10. The quantitative estimate of drug-likeness (QED) is 0.412. The number of anilines is 1. The van der Waals surface area contributed by atoms with E-state index in [-0.39, 0.29) is 10.0 Å². The van der Waals surface area contributed by atoms with Crippen molar-refractivity contribution >= 4 is 54.9 Å². The van der Waals surface area contributed by atoms with E-state index in [1.54, 1.807) is 37.4 Å². The largest absolute Gasteiger partial charge is 0.490 e. The Morgan fingerprint density at radius 2 is 1.80 bits per heavy atom. The molecule has 0 unspecified atom stereocenters. The number of benzene rings is 2. The fourth-order valence-electron chi connectivity index (χ4n) is 2.29. The van der Waals surface area contributed by atoms with Gasteiger partial charge in [-0.25, -0.2) is 12.7 Å². The standard InChI is InChI=1S/C19H22BrN3O5S2/c1-23(2)30(25,26)15-7-5-14(6-8-15)21-19(29)22-18(24)16-12-13(20)4-9-17(16)28-11-10-27-3/h4-9,12H,10-11H2,1-3H3,(H2,21,22,24,29). The van der Waals surface area contributed by atoms with Crippen molar-refractivity contribution in [1.29, 1.82) is 0 Å². The fraction of sp³-hybridized carbons (Fsp3) is 0.263. The van der Waals surface area contributed by atoms with Gasteiger partial charge < -0.3 is 14.8 Å². The second kappa shape index (κ2) is 10.8. The average molecular weight is 516 g/mol. The monoisotopic (exact) mass is 515 g/mol. The summed E-state index contributed by atoms with van der Waals surface area (Å²) in [7, 11) is 0.960. The van der Waals surface area contributed by atoms with Crippen LogP contribution in [0.3, 0.4) is 0 Å². The molecule has 0 fully saturated rings. The molecule has 30 heavy (non-hydrogen) atoms.